The van der Waals surface area contributed by atoms with Crippen molar-refractivity contribution in [2.75, 3.05) is 35.7 Å². The first-order chi connectivity index (χ1) is 24.9. The molecule has 3 aliphatic rings. The number of nitrogens with one attached hydrogen (secondary N) is 3. The minimum atomic E-state index is -5.54. The van der Waals surface area contributed by atoms with Crippen molar-refractivity contribution in [2.24, 2.45) is 0 Å². The highest BCUT2D eigenvalue weighted by Gasteiger charge is 2.46. The average molecular weight is 810 g/mol. The number of nitrogens with zero attached hydrogens (tertiary/aromatic N) is 5. The summed E-state index contributed by atoms with van der Waals surface area (Å²) in [4.78, 5) is 45.9. The van der Waals surface area contributed by atoms with Gasteiger partial charge in [0.25, 0.3) is 5.91 Å². The van der Waals surface area contributed by atoms with Crippen LogP contribution >= 0.6 is 27.2 Å². The molecule has 24 nitrogen and oxygen atoms in total. The second kappa shape index (κ2) is 14.9. The van der Waals surface area contributed by atoms with Gasteiger partial charge in [-0.05, 0) is 24.6 Å². The highest BCUT2D eigenvalue weighted by atomic mass is 35.5. The van der Waals surface area contributed by atoms with Crippen molar-refractivity contribution in [2.45, 2.75) is 56.1 Å². The average Bonchev–Trinajstić information content (AvgIpc) is 3.63. The van der Waals surface area contributed by atoms with Gasteiger partial charge in [-0.2, -0.15) is 4.31 Å². The Hall–Kier alpha value is -3.55. The van der Waals surface area contributed by atoms with Crippen molar-refractivity contribution >= 4 is 61.5 Å². The van der Waals surface area contributed by atoms with Crippen LogP contribution < -0.4 is 26.6 Å². The Morgan fingerprint density at radius 1 is 1.04 bits per heavy atom. The van der Waals surface area contributed by atoms with Crippen LogP contribution in [0, 0.1) is 6.92 Å². The van der Waals surface area contributed by atoms with Gasteiger partial charge >= 0.3 is 15.6 Å². The molecule has 1 saturated heterocycles. The summed E-state index contributed by atoms with van der Waals surface area (Å²) in [7, 11) is -11.0. The first-order valence-electron chi connectivity index (χ1n) is 15.3. The van der Waals surface area contributed by atoms with Crippen molar-refractivity contribution in [1.82, 2.24) is 30.2 Å². The van der Waals surface area contributed by atoms with Crippen LogP contribution in [0.1, 0.15) is 11.8 Å². The standard InChI is InChI=1S/C26H34ClN9O15P2/c1-9-2-11-12(3-10(9)27)35(23-17(32-11)24(42)34-26(43)33-23)4-13(37)18(39)14(38)5-48-52(44,45)51-53(46,47)49-6-15-19(40)20(41)25(50-15)36-8-31-16-21(28)29-7-30-22(16)36/h2-3,7-8,13-15,18-20,25-26,32-33,37-41,43H,4-6H2,1H3,(H,34,42)(H,44,45)(H,46,47)(H2,28,29,30)/t13-,14-,15-,18-,19-,20-,25-,26?/m1/s1. The summed E-state index contributed by atoms with van der Waals surface area (Å²) in [5, 5.41) is 71.2. The highest BCUT2D eigenvalue weighted by Crippen LogP contribution is 2.60. The van der Waals surface area contributed by atoms with E-state index in [1.54, 1.807) is 13.0 Å². The minimum absolute atomic E-state index is 0.0202. The normalized spacial score (nSPS) is 26.8. The summed E-state index contributed by atoms with van der Waals surface area (Å²) in [5.74, 6) is -0.698. The van der Waals surface area contributed by atoms with Gasteiger partial charge in [0.05, 0.1) is 37.5 Å². The van der Waals surface area contributed by atoms with Gasteiger partial charge < -0.3 is 71.7 Å². The lowest BCUT2D eigenvalue weighted by atomic mass is 10.0. The smallest absolute Gasteiger partial charge is 0.388 e. The molecule has 0 bridgehead atoms. The molecule has 0 spiro atoms. The molecule has 290 valence electrons. The molecule has 10 atom stereocenters. The molecule has 0 saturated carbocycles. The molecule has 5 heterocycles. The number of imidazole rings is 1. The van der Waals surface area contributed by atoms with Crippen LogP contribution in [0.4, 0.5) is 17.2 Å². The van der Waals surface area contributed by atoms with Crippen molar-refractivity contribution < 1.29 is 72.4 Å². The number of amides is 1. The number of benzene rings is 1. The molecule has 1 amide bonds. The van der Waals surface area contributed by atoms with E-state index in [1.165, 1.54) is 21.9 Å². The van der Waals surface area contributed by atoms with E-state index < -0.39 is 90.5 Å². The van der Waals surface area contributed by atoms with Crippen molar-refractivity contribution in [3.05, 3.63) is 46.9 Å². The molecule has 3 unspecified atom stereocenters. The predicted molar refractivity (Wildman–Crippen MR) is 178 cm³/mol. The minimum Gasteiger partial charge on any atom is -0.388 e. The zero-order valence-electron chi connectivity index (χ0n) is 27.1. The SMILES string of the molecule is Cc1cc2c(cc1Cl)N(C[C@@H](O)[C@@H](O)[C@H](O)COP(=O)(O)OP(=O)(O)OC[C@H]1O[C@@H](n3cnc4c(N)ncnc43)[C@H](O)[C@@H]1O)C1=C(N2)C(=O)NC(O)N1. The Morgan fingerprint density at radius 3 is 2.49 bits per heavy atom. The van der Waals surface area contributed by atoms with Gasteiger partial charge in [-0.1, -0.05) is 11.6 Å². The molecule has 6 rings (SSSR count). The van der Waals surface area contributed by atoms with Crippen LogP contribution in [0.3, 0.4) is 0 Å². The molecular weight excluding hydrogens is 776 g/mol. The van der Waals surface area contributed by atoms with Crippen LogP contribution in [0.5, 0.6) is 0 Å². The molecule has 1 aromatic carbocycles. The van der Waals surface area contributed by atoms with Crippen LogP contribution in [0.25, 0.3) is 11.2 Å². The van der Waals surface area contributed by atoms with E-state index in [-0.39, 0.29) is 28.5 Å². The maximum Gasteiger partial charge on any atom is 0.481 e. The molecule has 13 N–H and O–H groups in total. The van der Waals surface area contributed by atoms with Crippen LogP contribution in [-0.4, -0.2) is 129 Å². The molecule has 1 fully saturated rings. The Kier molecular flexibility index (Phi) is 11.0. The molecule has 2 aromatic heterocycles. The van der Waals surface area contributed by atoms with Crippen LogP contribution in [-0.2, 0) is 32.0 Å². The monoisotopic (exact) mass is 809 g/mol. The lowest BCUT2D eigenvalue weighted by molar-refractivity contribution is -0.121. The topological polar surface area (TPSA) is 359 Å². The summed E-state index contributed by atoms with van der Waals surface area (Å²) >= 11 is 6.30. The maximum atomic E-state index is 12.6. The number of nitrogen functional groups attached to an aromatic ring is 1. The Balaban J connectivity index is 1.04. The molecule has 3 aromatic rings. The zero-order valence-corrected chi connectivity index (χ0v) is 29.6. The number of hydrogen-bond donors (Lipinski definition) is 12. The lowest BCUT2D eigenvalue weighted by Gasteiger charge is -2.41. The molecular formula is C26H34ClN9O15P2. The number of fused-ring (bicyclic) bond motifs is 2. The van der Waals surface area contributed by atoms with Gasteiger partial charge in [0.2, 0.25) is 6.35 Å². The molecule has 3 aliphatic heterocycles. The largest absolute Gasteiger partial charge is 0.481 e. The third kappa shape index (κ3) is 8.12. The van der Waals surface area contributed by atoms with E-state index >= 15 is 0 Å². The number of phosphoric acid groups is 2. The first-order valence-corrected chi connectivity index (χ1v) is 18.7. The number of nitrogens with two attached hydrogens (primary N) is 1. The van der Waals surface area contributed by atoms with Gasteiger partial charge in [0, 0.05) is 5.02 Å². The fourth-order valence-corrected chi connectivity index (χ4v) is 7.88. The quantitative estimate of drug-likeness (QED) is 0.0789. The summed E-state index contributed by atoms with van der Waals surface area (Å²) in [5.41, 5.74) is 7.32. The number of phosphoric ester groups is 2. The van der Waals surface area contributed by atoms with Gasteiger partial charge in [0.15, 0.2) is 17.7 Å². The van der Waals surface area contributed by atoms with Gasteiger partial charge in [-0.15, -0.1) is 0 Å². The number of β-amino-alcohol motifs (C(OH)–C–C–N with tert-alkyl or cyclic N) is 1. The Morgan fingerprint density at radius 2 is 1.75 bits per heavy atom. The predicted octanol–water partition coefficient (Wildman–Crippen LogP) is -2.58. The number of aliphatic hydroxyl groups is 6. The van der Waals surface area contributed by atoms with E-state index in [0.717, 1.165) is 6.33 Å². The van der Waals surface area contributed by atoms with Gasteiger partial charge in [-0.25, -0.2) is 24.1 Å². The number of ether oxygens (including phenoxy) is 1. The van der Waals surface area contributed by atoms with E-state index in [1.807, 2.05) is 0 Å². The second-order valence-corrected chi connectivity index (χ2v) is 15.4. The third-order valence-corrected chi connectivity index (χ3v) is 11.3. The van der Waals surface area contributed by atoms with E-state index in [4.69, 9.17) is 26.6 Å². The maximum absolute atomic E-state index is 12.6. The number of aryl methyl sites for hydroxylation is 1. The summed E-state index contributed by atoms with van der Waals surface area (Å²) in [6, 6.07) is 3.10. The molecule has 0 aliphatic carbocycles. The van der Waals surface area contributed by atoms with Gasteiger partial charge in [0.1, 0.15) is 60.0 Å². The summed E-state index contributed by atoms with van der Waals surface area (Å²) in [6.45, 7) is -1.02. The molecule has 0 radical (unpaired) electrons. The van der Waals surface area contributed by atoms with E-state index in [9.17, 15) is 54.4 Å². The van der Waals surface area contributed by atoms with E-state index in [0.29, 0.717) is 22.0 Å². The van der Waals surface area contributed by atoms with Crippen LogP contribution in [0.15, 0.2) is 36.3 Å². The van der Waals surface area contributed by atoms with Crippen molar-refractivity contribution in [3.8, 4) is 0 Å². The van der Waals surface area contributed by atoms with Crippen molar-refractivity contribution in [3.63, 3.8) is 0 Å². The number of hydrogen-bond acceptors (Lipinski definition) is 20. The number of aromatic nitrogens is 4. The molecule has 53 heavy (non-hydrogen) atoms. The van der Waals surface area contributed by atoms with E-state index in [2.05, 4.69) is 39.7 Å². The lowest BCUT2D eigenvalue weighted by Crippen LogP contribution is -2.58. The zero-order chi connectivity index (χ0) is 38.6. The number of anilines is 3. The number of carbonyl (C=O) groups is 1. The second-order valence-electron chi connectivity index (χ2n) is 12.0. The van der Waals surface area contributed by atoms with Gasteiger partial charge in [-0.3, -0.25) is 18.4 Å². The third-order valence-electron chi connectivity index (χ3n) is 8.28. The fourth-order valence-electron chi connectivity index (χ4n) is 5.63. The summed E-state index contributed by atoms with van der Waals surface area (Å²) in [6.07, 6.45) is -11.4. The first kappa shape index (κ1) is 39.2. The number of halogens is 1. The Labute approximate surface area is 302 Å². The fraction of sp³-hybridized carbons (Fsp3) is 0.462. The highest BCUT2D eigenvalue weighted by molar-refractivity contribution is 7.61. The molecule has 27 heteroatoms. The summed E-state index contributed by atoms with van der Waals surface area (Å²) < 4.78 is 45.4. The number of carbonyl (C=O) groups excluding carboxylic acids is 1. The van der Waals surface area contributed by atoms with Crippen LogP contribution in [0.2, 0.25) is 5.02 Å². The number of aliphatic hydroxyl groups excluding tert-OH is 6. The van der Waals surface area contributed by atoms with Crippen molar-refractivity contribution in [1.29, 1.82) is 0 Å². The Bertz CT molecular complexity index is 2030. The number of rotatable bonds is 13.